The van der Waals surface area contributed by atoms with Crippen molar-refractivity contribution in [3.05, 3.63) is 28.5 Å². The topological polar surface area (TPSA) is 24.9 Å². The lowest BCUT2D eigenvalue weighted by Gasteiger charge is -2.21. The van der Waals surface area contributed by atoms with Crippen LogP contribution in [-0.4, -0.2) is 22.5 Å². The Hall–Kier alpha value is -0.0600. The Kier molecular flexibility index (Phi) is 5.13. The quantitative estimate of drug-likeness (QED) is 0.924. The summed E-state index contributed by atoms with van der Waals surface area (Å²) in [6.07, 6.45) is 6.02. The maximum atomic E-state index is 4.34. The maximum Gasteiger partial charge on any atom is 0.0542 e. The average molecular weight is 301 g/mol. The van der Waals surface area contributed by atoms with Crippen LogP contribution in [0.3, 0.4) is 0 Å². The zero-order chi connectivity index (χ0) is 11.2. The van der Waals surface area contributed by atoms with E-state index in [1.165, 1.54) is 25.0 Å². The highest BCUT2D eigenvalue weighted by Gasteiger charge is 2.12. The molecule has 0 aliphatic carbocycles. The van der Waals surface area contributed by atoms with Gasteiger partial charge in [0.15, 0.2) is 0 Å². The molecule has 1 N–H and O–H groups in total. The molecule has 16 heavy (non-hydrogen) atoms. The fourth-order valence-corrected chi connectivity index (χ4v) is 3.35. The molecule has 1 unspecified atom stereocenters. The van der Waals surface area contributed by atoms with Gasteiger partial charge in [0, 0.05) is 29.0 Å². The predicted molar refractivity (Wildman–Crippen MR) is 73.7 cm³/mol. The molecule has 1 aromatic heterocycles. The third kappa shape index (κ3) is 4.07. The molecular weight excluding hydrogens is 284 g/mol. The first-order valence-electron chi connectivity index (χ1n) is 5.77. The van der Waals surface area contributed by atoms with Gasteiger partial charge < -0.3 is 5.32 Å². The Morgan fingerprint density at radius 2 is 2.38 bits per heavy atom. The molecule has 0 amide bonds. The van der Waals surface area contributed by atoms with Crippen molar-refractivity contribution in [1.82, 2.24) is 10.3 Å². The van der Waals surface area contributed by atoms with Crippen molar-refractivity contribution in [2.75, 3.05) is 12.3 Å². The predicted octanol–water partition coefficient (Wildman–Crippen LogP) is 3.22. The molecule has 2 nitrogen and oxygen atoms in total. The van der Waals surface area contributed by atoms with Gasteiger partial charge in [0.1, 0.15) is 0 Å². The van der Waals surface area contributed by atoms with Gasteiger partial charge in [-0.1, -0.05) is 6.42 Å². The monoisotopic (exact) mass is 300 g/mol. The second-order valence-electron chi connectivity index (χ2n) is 4.09. The summed E-state index contributed by atoms with van der Waals surface area (Å²) in [6.45, 7) is 1.99. The fourth-order valence-electron chi connectivity index (χ4n) is 1.84. The van der Waals surface area contributed by atoms with Crippen molar-refractivity contribution in [2.24, 2.45) is 0 Å². The minimum Gasteiger partial charge on any atom is -0.310 e. The highest BCUT2D eigenvalue weighted by Crippen LogP contribution is 2.24. The van der Waals surface area contributed by atoms with Crippen LogP contribution in [0.15, 0.2) is 22.8 Å². The molecule has 1 aliphatic rings. The van der Waals surface area contributed by atoms with Crippen molar-refractivity contribution in [2.45, 2.75) is 31.1 Å². The average Bonchev–Trinajstić information content (AvgIpc) is 2.33. The minimum absolute atomic E-state index is 0.809. The highest BCUT2D eigenvalue weighted by atomic mass is 79.9. The zero-order valence-electron chi connectivity index (χ0n) is 9.29. The number of hydrogen-bond donors (Lipinski definition) is 1. The largest absolute Gasteiger partial charge is 0.310 e. The molecule has 0 bridgehead atoms. The first-order chi connectivity index (χ1) is 7.84. The van der Waals surface area contributed by atoms with Crippen LogP contribution in [0.2, 0.25) is 0 Å². The van der Waals surface area contributed by atoms with E-state index in [0.717, 1.165) is 28.5 Å². The molecule has 1 aliphatic heterocycles. The number of hydrogen-bond acceptors (Lipinski definition) is 3. The van der Waals surface area contributed by atoms with Crippen molar-refractivity contribution in [3.63, 3.8) is 0 Å². The van der Waals surface area contributed by atoms with Gasteiger partial charge in [-0.25, -0.2) is 0 Å². The van der Waals surface area contributed by atoms with Crippen LogP contribution in [0.1, 0.15) is 25.0 Å². The third-order valence-corrected chi connectivity index (χ3v) is 4.61. The number of halogens is 1. The van der Waals surface area contributed by atoms with E-state index in [4.69, 9.17) is 0 Å². The fraction of sp³-hybridized carbons (Fsp3) is 0.583. The Bertz CT molecular complexity index is 309. The summed E-state index contributed by atoms with van der Waals surface area (Å²) in [6, 6.07) is 4.10. The van der Waals surface area contributed by atoms with E-state index in [2.05, 4.69) is 44.1 Å². The first kappa shape index (κ1) is 12.4. The molecule has 1 saturated heterocycles. The lowest BCUT2D eigenvalue weighted by atomic mass is 10.2. The minimum atomic E-state index is 0.809. The van der Waals surface area contributed by atoms with Crippen molar-refractivity contribution >= 4 is 27.7 Å². The van der Waals surface area contributed by atoms with Crippen molar-refractivity contribution in [3.8, 4) is 0 Å². The normalized spacial score (nSPS) is 20.9. The van der Waals surface area contributed by atoms with E-state index in [9.17, 15) is 0 Å². The number of nitrogens with one attached hydrogen (secondary N) is 1. The molecule has 1 fully saturated rings. The van der Waals surface area contributed by atoms with E-state index in [1.54, 1.807) is 0 Å². The Morgan fingerprint density at radius 1 is 1.44 bits per heavy atom. The molecule has 0 saturated carbocycles. The van der Waals surface area contributed by atoms with Crippen molar-refractivity contribution < 1.29 is 0 Å². The van der Waals surface area contributed by atoms with Gasteiger partial charge in [0.25, 0.3) is 0 Å². The smallest absolute Gasteiger partial charge is 0.0542 e. The number of nitrogens with zero attached hydrogens (tertiary/aromatic N) is 1. The van der Waals surface area contributed by atoms with Crippen LogP contribution in [0, 0.1) is 0 Å². The molecule has 1 aromatic rings. The molecule has 0 radical (unpaired) electrons. The summed E-state index contributed by atoms with van der Waals surface area (Å²) in [5, 5.41) is 4.30. The SMILES string of the molecule is Brc1ccc(CNCC2CCCCS2)nc1. The third-order valence-electron chi connectivity index (χ3n) is 2.74. The highest BCUT2D eigenvalue weighted by molar-refractivity contribution is 9.10. The summed E-state index contributed by atoms with van der Waals surface area (Å²) in [4.78, 5) is 4.34. The van der Waals surface area contributed by atoms with Crippen LogP contribution < -0.4 is 5.32 Å². The van der Waals surface area contributed by atoms with Gasteiger partial charge in [-0.2, -0.15) is 11.8 Å². The van der Waals surface area contributed by atoms with Gasteiger partial charge in [-0.05, 0) is 46.7 Å². The zero-order valence-corrected chi connectivity index (χ0v) is 11.7. The summed E-state index contributed by atoms with van der Waals surface area (Å²) < 4.78 is 1.04. The second-order valence-corrected chi connectivity index (χ2v) is 6.41. The summed E-state index contributed by atoms with van der Waals surface area (Å²) in [5.74, 6) is 1.34. The van der Waals surface area contributed by atoms with Crippen LogP contribution in [0.5, 0.6) is 0 Å². The summed E-state index contributed by atoms with van der Waals surface area (Å²) in [5.41, 5.74) is 1.11. The lowest BCUT2D eigenvalue weighted by molar-refractivity contribution is 0.593. The summed E-state index contributed by atoms with van der Waals surface area (Å²) in [7, 11) is 0. The van der Waals surface area contributed by atoms with Gasteiger partial charge in [-0.3, -0.25) is 4.98 Å². The lowest BCUT2D eigenvalue weighted by Crippen LogP contribution is -2.26. The van der Waals surface area contributed by atoms with Crippen molar-refractivity contribution in [1.29, 1.82) is 0 Å². The second kappa shape index (κ2) is 6.62. The van der Waals surface area contributed by atoms with Crippen LogP contribution in [0.25, 0.3) is 0 Å². The van der Waals surface area contributed by atoms with E-state index in [1.807, 2.05) is 12.3 Å². The summed E-state index contributed by atoms with van der Waals surface area (Å²) >= 11 is 5.50. The van der Waals surface area contributed by atoms with E-state index in [-0.39, 0.29) is 0 Å². The number of rotatable bonds is 4. The van der Waals surface area contributed by atoms with E-state index >= 15 is 0 Å². The molecule has 1 atom stereocenters. The molecule has 88 valence electrons. The van der Waals surface area contributed by atoms with Crippen LogP contribution in [-0.2, 0) is 6.54 Å². The molecular formula is C12H17BrN2S. The van der Waals surface area contributed by atoms with Crippen LogP contribution in [0.4, 0.5) is 0 Å². The number of aromatic nitrogens is 1. The Balaban J connectivity index is 1.69. The number of thioether (sulfide) groups is 1. The molecule has 0 aromatic carbocycles. The number of pyridine rings is 1. The van der Waals surface area contributed by atoms with Crippen LogP contribution >= 0.6 is 27.7 Å². The molecule has 4 heteroatoms. The van der Waals surface area contributed by atoms with Gasteiger partial charge in [0.05, 0.1) is 5.69 Å². The van der Waals surface area contributed by atoms with Gasteiger partial charge in [0.2, 0.25) is 0 Å². The molecule has 2 heterocycles. The van der Waals surface area contributed by atoms with E-state index in [0.29, 0.717) is 0 Å². The van der Waals surface area contributed by atoms with Gasteiger partial charge >= 0.3 is 0 Å². The Morgan fingerprint density at radius 3 is 3.06 bits per heavy atom. The van der Waals surface area contributed by atoms with Gasteiger partial charge in [-0.15, -0.1) is 0 Å². The maximum absolute atomic E-state index is 4.34. The first-order valence-corrected chi connectivity index (χ1v) is 7.61. The van der Waals surface area contributed by atoms with E-state index < -0.39 is 0 Å². The Labute approximate surface area is 110 Å². The molecule has 0 spiro atoms. The standard InChI is InChI=1S/C12H17BrN2S/c13-10-4-5-11(15-7-10)8-14-9-12-3-1-2-6-16-12/h4-5,7,12,14H,1-3,6,8-9H2. The molecule has 2 rings (SSSR count).